The molecule has 0 spiro atoms. The maximum Gasteiger partial charge on any atom is 0.534 e. The van der Waals surface area contributed by atoms with Crippen molar-refractivity contribution in [2.75, 3.05) is 0 Å². The summed E-state index contributed by atoms with van der Waals surface area (Å²) in [4.78, 5) is 12.7. The Morgan fingerprint density at radius 3 is 1.90 bits per heavy atom. The van der Waals surface area contributed by atoms with Gasteiger partial charge in [0, 0.05) is 26.9 Å². The summed E-state index contributed by atoms with van der Waals surface area (Å²) in [6, 6.07) is 6.32. The third-order valence-electron chi connectivity index (χ3n) is 3.59. The lowest BCUT2D eigenvalue weighted by Crippen LogP contribution is -2.29. The largest absolute Gasteiger partial charge is 0.534 e. The van der Waals surface area contributed by atoms with Crippen LogP contribution in [0.1, 0.15) is 0 Å². The van der Waals surface area contributed by atoms with Crippen molar-refractivity contribution < 1.29 is 51.5 Å². The molecule has 168 valence electrons. The fraction of sp³-hybridized carbons (Fsp3) is 0.133. The van der Waals surface area contributed by atoms with Crippen molar-refractivity contribution >= 4 is 51.7 Å². The van der Waals surface area contributed by atoms with E-state index < -0.39 is 53.6 Å². The zero-order valence-electron chi connectivity index (χ0n) is 14.3. The summed E-state index contributed by atoms with van der Waals surface area (Å²) in [5, 5.41) is -0.779. The molecule has 0 aliphatic heterocycles. The highest BCUT2D eigenvalue weighted by molar-refractivity contribution is 7.88. The predicted octanol–water partition coefficient (Wildman–Crippen LogP) is 3.87. The van der Waals surface area contributed by atoms with Gasteiger partial charge in [-0.15, -0.1) is 11.3 Å². The summed E-state index contributed by atoms with van der Waals surface area (Å²) in [5.41, 5.74) is -12.8. The van der Waals surface area contributed by atoms with Crippen LogP contribution in [-0.2, 0) is 20.2 Å². The van der Waals surface area contributed by atoms with Gasteiger partial charge < -0.3 is 8.37 Å². The van der Waals surface area contributed by atoms with E-state index in [4.69, 9.17) is 0 Å². The van der Waals surface area contributed by atoms with Crippen LogP contribution in [0.3, 0.4) is 0 Å². The molecular formula is C15H6F6O7S3. The van der Waals surface area contributed by atoms with E-state index >= 15 is 0 Å². The lowest BCUT2D eigenvalue weighted by atomic mass is 10.1. The highest BCUT2D eigenvalue weighted by Gasteiger charge is 2.50. The van der Waals surface area contributed by atoms with Gasteiger partial charge in [-0.05, 0) is 12.1 Å². The van der Waals surface area contributed by atoms with Gasteiger partial charge in [0.25, 0.3) is 0 Å². The van der Waals surface area contributed by atoms with Crippen molar-refractivity contribution in [3.05, 3.63) is 46.6 Å². The van der Waals surface area contributed by atoms with Gasteiger partial charge in [-0.3, -0.25) is 4.79 Å². The standard InChI is InChI=1S/C15H6F6O7S3/c16-14(17,18)30(23,24)27-7-5-9(28-31(25,26)15(19,20)21)12-11(6-7)29-10-4-2-1-3-8(10)13(12)22/h1-6H. The molecule has 0 aliphatic rings. The van der Waals surface area contributed by atoms with Crippen molar-refractivity contribution in [2.45, 2.75) is 11.0 Å². The molecule has 31 heavy (non-hydrogen) atoms. The molecular weight excluding hydrogens is 502 g/mol. The van der Waals surface area contributed by atoms with Crippen LogP contribution >= 0.6 is 11.3 Å². The van der Waals surface area contributed by atoms with Crippen LogP contribution in [0.15, 0.2) is 41.2 Å². The number of hydrogen-bond donors (Lipinski definition) is 0. The summed E-state index contributed by atoms with van der Waals surface area (Å²) in [5.74, 6) is -2.57. The van der Waals surface area contributed by atoms with Gasteiger partial charge in [-0.25, -0.2) is 0 Å². The Labute approximate surface area is 172 Å². The summed E-state index contributed by atoms with van der Waals surface area (Å²) in [6.45, 7) is 0. The second kappa shape index (κ2) is 7.23. The number of halogens is 6. The highest BCUT2D eigenvalue weighted by Crippen LogP contribution is 2.38. The maximum absolute atomic E-state index is 12.7. The van der Waals surface area contributed by atoms with Crippen LogP contribution in [0.2, 0.25) is 0 Å². The molecule has 0 aliphatic carbocycles. The number of alkyl halides is 6. The third kappa shape index (κ3) is 4.27. The monoisotopic (exact) mass is 508 g/mol. The summed E-state index contributed by atoms with van der Waals surface area (Å²) in [7, 11) is -12.6. The maximum atomic E-state index is 12.7. The summed E-state index contributed by atoms with van der Waals surface area (Å²) < 4.78 is 129. The average Bonchev–Trinajstić information content (AvgIpc) is 2.59. The van der Waals surface area contributed by atoms with Crippen LogP contribution < -0.4 is 13.8 Å². The van der Waals surface area contributed by atoms with E-state index in [1.807, 2.05) is 0 Å². The van der Waals surface area contributed by atoms with Crippen LogP contribution in [0.5, 0.6) is 11.5 Å². The van der Waals surface area contributed by atoms with Gasteiger partial charge in [0.15, 0.2) is 11.2 Å². The van der Waals surface area contributed by atoms with E-state index in [0.717, 1.165) is 0 Å². The van der Waals surface area contributed by atoms with Gasteiger partial charge in [-0.2, -0.15) is 43.2 Å². The SMILES string of the molecule is O=c1c2ccccc2sc2cc(OS(=O)(=O)C(F)(F)F)cc(OS(=O)(=O)C(F)(F)F)c12. The van der Waals surface area contributed by atoms with Crippen LogP contribution in [0.4, 0.5) is 26.3 Å². The van der Waals surface area contributed by atoms with Crippen LogP contribution in [0, 0.1) is 0 Å². The Hall–Kier alpha value is -2.59. The molecule has 0 radical (unpaired) electrons. The molecule has 0 N–H and O–H groups in total. The Balaban J connectivity index is 2.35. The topological polar surface area (TPSA) is 104 Å². The first-order chi connectivity index (χ1) is 14.0. The minimum Gasteiger partial charge on any atom is -0.376 e. The number of benzene rings is 2. The summed E-state index contributed by atoms with van der Waals surface area (Å²) in [6.07, 6.45) is 0. The molecule has 2 aromatic carbocycles. The van der Waals surface area contributed by atoms with Gasteiger partial charge >= 0.3 is 31.3 Å². The molecule has 1 heterocycles. The van der Waals surface area contributed by atoms with Gasteiger partial charge in [0.05, 0.1) is 5.39 Å². The molecule has 3 rings (SSSR count). The van der Waals surface area contributed by atoms with Crippen molar-refractivity contribution in [1.29, 1.82) is 0 Å². The van der Waals surface area contributed by atoms with Crippen LogP contribution in [0.25, 0.3) is 20.2 Å². The van der Waals surface area contributed by atoms with E-state index in [2.05, 4.69) is 8.37 Å². The zero-order valence-corrected chi connectivity index (χ0v) is 16.8. The van der Waals surface area contributed by atoms with E-state index in [0.29, 0.717) is 17.4 Å². The third-order valence-corrected chi connectivity index (χ3v) is 6.65. The second-order valence-electron chi connectivity index (χ2n) is 5.69. The molecule has 0 atom stereocenters. The fourth-order valence-electron chi connectivity index (χ4n) is 2.32. The molecule has 0 unspecified atom stereocenters. The molecule has 0 amide bonds. The normalized spacial score (nSPS) is 13.5. The molecule has 0 saturated heterocycles. The second-order valence-corrected chi connectivity index (χ2v) is 9.85. The minimum absolute atomic E-state index is 0.0501. The van der Waals surface area contributed by atoms with Gasteiger partial charge in [0.2, 0.25) is 0 Å². The van der Waals surface area contributed by atoms with Gasteiger partial charge in [-0.1, -0.05) is 12.1 Å². The van der Waals surface area contributed by atoms with E-state index in [1.54, 1.807) is 0 Å². The van der Waals surface area contributed by atoms with Crippen molar-refractivity contribution in [1.82, 2.24) is 0 Å². The number of rotatable bonds is 4. The van der Waals surface area contributed by atoms with E-state index in [-0.39, 0.29) is 20.9 Å². The smallest absolute Gasteiger partial charge is 0.376 e. The minimum atomic E-state index is -6.36. The molecule has 3 aromatic rings. The summed E-state index contributed by atoms with van der Waals surface area (Å²) >= 11 is 0.649. The number of hydrogen-bond acceptors (Lipinski definition) is 8. The van der Waals surface area contributed by atoms with E-state index in [1.165, 1.54) is 24.3 Å². The van der Waals surface area contributed by atoms with Crippen molar-refractivity contribution in [3.63, 3.8) is 0 Å². The average molecular weight is 508 g/mol. The molecule has 16 heteroatoms. The van der Waals surface area contributed by atoms with Crippen LogP contribution in [-0.4, -0.2) is 27.9 Å². The van der Waals surface area contributed by atoms with Gasteiger partial charge in [0.1, 0.15) is 5.75 Å². The first-order valence-electron chi connectivity index (χ1n) is 7.54. The molecule has 0 saturated carbocycles. The predicted molar refractivity (Wildman–Crippen MR) is 96.8 cm³/mol. The Bertz CT molecular complexity index is 1450. The highest BCUT2D eigenvalue weighted by atomic mass is 32.2. The number of fused-ring (bicyclic) bond motifs is 2. The Kier molecular flexibility index (Phi) is 5.39. The van der Waals surface area contributed by atoms with Crippen molar-refractivity contribution in [2.24, 2.45) is 0 Å². The molecule has 0 fully saturated rings. The lowest BCUT2D eigenvalue weighted by molar-refractivity contribution is -0.0502. The molecule has 7 nitrogen and oxygen atoms in total. The molecule has 0 bridgehead atoms. The Morgan fingerprint density at radius 2 is 1.32 bits per heavy atom. The quantitative estimate of drug-likeness (QED) is 0.228. The zero-order chi connectivity index (χ0) is 23.4. The molecule has 1 aromatic heterocycles. The Morgan fingerprint density at radius 1 is 0.774 bits per heavy atom. The lowest BCUT2D eigenvalue weighted by Gasteiger charge is -2.14. The van der Waals surface area contributed by atoms with Crippen molar-refractivity contribution in [3.8, 4) is 11.5 Å². The first kappa shape index (κ1) is 23.1. The van der Waals surface area contributed by atoms with E-state index in [9.17, 15) is 48.0 Å². The first-order valence-corrected chi connectivity index (χ1v) is 11.2. The fourth-order valence-corrected chi connectivity index (χ4v) is 4.35.